The van der Waals surface area contributed by atoms with Crippen LogP contribution in [0.2, 0.25) is 0 Å². The van der Waals surface area contributed by atoms with Crippen LogP contribution >= 0.6 is 0 Å². The summed E-state index contributed by atoms with van der Waals surface area (Å²) in [5.41, 5.74) is 0.797. The second-order valence-electron chi connectivity index (χ2n) is 9.10. The number of carbonyl (C=O) groups is 2. The Labute approximate surface area is 193 Å². The predicted octanol–water partition coefficient (Wildman–Crippen LogP) is 3.76. The van der Waals surface area contributed by atoms with E-state index in [2.05, 4.69) is 22.1 Å². The largest absolute Gasteiger partial charge is 0.357 e. The van der Waals surface area contributed by atoms with Gasteiger partial charge in [-0.25, -0.2) is 13.8 Å². The molecule has 6 nitrogen and oxygen atoms in total. The van der Waals surface area contributed by atoms with Crippen molar-refractivity contribution >= 4 is 17.6 Å². The number of anilines is 1. The molecule has 2 aliphatic rings. The van der Waals surface area contributed by atoms with Crippen LogP contribution in [-0.2, 0) is 11.3 Å². The fourth-order valence-electron chi connectivity index (χ4n) is 4.46. The Morgan fingerprint density at radius 1 is 1.03 bits per heavy atom. The third-order valence-electron chi connectivity index (χ3n) is 6.70. The Hall–Kier alpha value is -3.03. The molecule has 33 heavy (non-hydrogen) atoms. The van der Waals surface area contributed by atoms with Crippen molar-refractivity contribution in [3.63, 3.8) is 0 Å². The molecule has 0 unspecified atom stereocenters. The molecule has 0 radical (unpaired) electrons. The first-order chi connectivity index (χ1) is 15.9. The maximum atomic E-state index is 13.9. The van der Waals surface area contributed by atoms with Gasteiger partial charge in [0, 0.05) is 50.9 Å². The zero-order chi connectivity index (χ0) is 23.4. The maximum absolute atomic E-state index is 13.9. The Kier molecular flexibility index (Phi) is 7.20. The number of aromatic nitrogens is 1. The van der Waals surface area contributed by atoms with Gasteiger partial charge in [0.15, 0.2) is 0 Å². The smallest absolute Gasteiger partial charge is 0.256 e. The van der Waals surface area contributed by atoms with Gasteiger partial charge in [0.2, 0.25) is 5.91 Å². The van der Waals surface area contributed by atoms with E-state index in [9.17, 15) is 18.4 Å². The lowest BCUT2D eigenvalue weighted by Gasteiger charge is -2.31. The number of carbonyl (C=O) groups excluding carboxylic acids is 2. The van der Waals surface area contributed by atoms with Gasteiger partial charge in [0.25, 0.3) is 5.91 Å². The maximum Gasteiger partial charge on any atom is 0.256 e. The van der Waals surface area contributed by atoms with E-state index in [0.29, 0.717) is 38.5 Å². The van der Waals surface area contributed by atoms with Gasteiger partial charge in [0.05, 0.1) is 5.56 Å². The summed E-state index contributed by atoms with van der Waals surface area (Å²) >= 11 is 0. The quantitative estimate of drug-likeness (QED) is 0.744. The monoisotopic (exact) mass is 456 g/mol. The summed E-state index contributed by atoms with van der Waals surface area (Å²) in [6, 6.07) is 6.96. The predicted molar refractivity (Wildman–Crippen MR) is 122 cm³/mol. The van der Waals surface area contributed by atoms with E-state index in [0.717, 1.165) is 42.5 Å². The molecule has 0 spiro atoms. The Morgan fingerprint density at radius 3 is 2.39 bits per heavy atom. The molecule has 2 aliphatic heterocycles. The van der Waals surface area contributed by atoms with Crippen LogP contribution < -0.4 is 10.2 Å². The molecule has 0 aliphatic carbocycles. The molecule has 1 N–H and O–H groups in total. The summed E-state index contributed by atoms with van der Waals surface area (Å²) in [5.74, 6) is -0.560. The first-order valence-electron chi connectivity index (χ1n) is 11.6. The van der Waals surface area contributed by atoms with E-state index in [1.165, 1.54) is 17.7 Å². The van der Waals surface area contributed by atoms with Gasteiger partial charge in [-0.3, -0.25) is 9.59 Å². The molecule has 2 saturated heterocycles. The molecular formula is C25H30F2N4O2. The topological polar surface area (TPSA) is 65.5 Å². The minimum atomic E-state index is -0.866. The number of benzene rings is 1. The number of nitrogens with one attached hydrogen (secondary N) is 1. The standard InChI is InChI=1S/C25H30F2N4O2/c1-17-6-10-30(11-7-17)23-5-2-18(15-28-23)16-29-24(32)19-8-12-31(13-9-19)25(33)21-4-3-20(26)14-22(21)27/h2-5,14-15,17,19H,6-13,16H2,1H3,(H,29,32). The molecule has 0 atom stereocenters. The average Bonchev–Trinajstić information content (AvgIpc) is 2.83. The molecule has 2 fully saturated rings. The Bertz CT molecular complexity index is 982. The number of halogens is 2. The lowest BCUT2D eigenvalue weighted by Crippen LogP contribution is -2.43. The van der Waals surface area contributed by atoms with Gasteiger partial charge in [-0.1, -0.05) is 13.0 Å². The van der Waals surface area contributed by atoms with Gasteiger partial charge in [-0.2, -0.15) is 0 Å². The van der Waals surface area contributed by atoms with Crippen LogP contribution in [0.25, 0.3) is 0 Å². The van der Waals surface area contributed by atoms with E-state index in [4.69, 9.17) is 0 Å². The fourth-order valence-corrected chi connectivity index (χ4v) is 4.46. The summed E-state index contributed by atoms with van der Waals surface area (Å²) in [6.07, 6.45) is 5.19. The van der Waals surface area contributed by atoms with E-state index < -0.39 is 17.5 Å². The van der Waals surface area contributed by atoms with Crippen LogP contribution in [0.5, 0.6) is 0 Å². The van der Waals surface area contributed by atoms with Crippen molar-refractivity contribution in [2.75, 3.05) is 31.1 Å². The van der Waals surface area contributed by atoms with E-state index in [1.54, 1.807) is 0 Å². The molecule has 4 rings (SSSR count). The molecular weight excluding hydrogens is 426 g/mol. The van der Waals surface area contributed by atoms with Crippen molar-refractivity contribution in [3.8, 4) is 0 Å². The lowest BCUT2D eigenvalue weighted by molar-refractivity contribution is -0.126. The van der Waals surface area contributed by atoms with Crippen molar-refractivity contribution in [2.45, 2.75) is 39.2 Å². The van der Waals surface area contributed by atoms with Crippen molar-refractivity contribution < 1.29 is 18.4 Å². The van der Waals surface area contributed by atoms with Crippen LogP contribution in [0.4, 0.5) is 14.6 Å². The summed E-state index contributed by atoms with van der Waals surface area (Å²) in [5, 5.41) is 2.97. The zero-order valence-electron chi connectivity index (χ0n) is 18.9. The molecule has 2 amide bonds. The average molecular weight is 457 g/mol. The van der Waals surface area contributed by atoms with Crippen LogP contribution in [0.15, 0.2) is 36.5 Å². The Morgan fingerprint density at radius 2 is 1.76 bits per heavy atom. The van der Waals surface area contributed by atoms with Gasteiger partial charge in [-0.05, 0) is 55.4 Å². The normalized spacial score (nSPS) is 17.8. The van der Waals surface area contributed by atoms with E-state index >= 15 is 0 Å². The summed E-state index contributed by atoms with van der Waals surface area (Å²) < 4.78 is 27.0. The van der Waals surface area contributed by atoms with Gasteiger partial charge in [0.1, 0.15) is 17.5 Å². The summed E-state index contributed by atoms with van der Waals surface area (Å²) in [6.45, 7) is 5.46. The van der Waals surface area contributed by atoms with Crippen LogP contribution in [0.1, 0.15) is 48.5 Å². The SMILES string of the molecule is CC1CCN(c2ccc(CNC(=O)C3CCN(C(=O)c4ccc(F)cc4F)CC3)cn2)CC1. The van der Waals surface area contributed by atoms with Crippen molar-refractivity contribution in [2.24, 2.45) is 11.8 Å². The molecule has 3 heterocycles. The molecule has 2 aromatic rings. The van der Waals surface area contributed by atoms with Crippen molar-refractivity contribution in [1.29, 1.82) is 0 Å². The number of nitrogens with zero attached hydrogens (tertiary/aromatic N) is 3. The minimum absolute atomic E-state index is 0.0517. The minimum Gasteiger partial charge on any atom is -0.357 e. The number of hydrogen-bond acceptors (Lipinski definition) is 4. The lowest BCUT2D eigenvalue weighted by atomic mass is 9.95. The highest BCUT2D eigenvalue weighted by molar-refractivity contribution is 5.94. The van der Waals surface area contributed by atoms with Crippen LogP contribution in [-0.4, -0.2) is 47.9 Å². The van der Waals surface area contributed by atoms with Crippen molar-refractivity contribution in [1.82, 2.24) is 15.2 Å². The number of amides is 2. The molecule has 176 valence electrons. The fraction of sp³-hybridized carbons (Fsp3) is 0.480. The van der Waals surface area contributed by atoms with Crippen LogP contribution in [0.3, 0.4) is 0 Å². The first kappa shape index (κ1) is 23.1. The number of likely N-dealkylation sites (tertiary alicyclic amines) is 1. The van der Waals surface area contributed by atoms with Crippen LogP contribution in [0, 0.1) is 23.5 Å². The van der Waals surface area contributed by atoms with E-state index in [1.807, 2.05) is 18.3 Å². The van der Waals surface area contributed by atoms with E-state index in [-0.39, 0.29) is 17.4 Å². The highest BCUT2D eigenvalue weighted by atomic mass is 19.1. The number of pyridine rings is 1. The molecule has 0 saturated carbocycles. The molecule has 0 bridgehead atoms. The number of piperidine rings is 2. The third kappa shape index (κ3) is 5.67. The number of hydrogen-bond donors (Lipinski definition) is 1. The summed E-state index contributed by atoms with van der Waals surface area (Å²) in [4.78, 5) is 33.5. The van der Waals surface area contributed by atoms with Gasteiger partial charge < -0.3 is 15.1 Å². The highest BCUT2D eigenvalue weighted by Gasteiger charge is 2.29. The van der Waals surface area contributed by atoms with Gasteiger partial charge in [-0.15, -0.1) is 0 Å². The molecule has 8 heteroatoms. The third-order valence-corrected chi connectivity index (χ3v) is 6.70. The highest BCUT2D eigenvalue weighted by Crippen LogP contribution is 2.22. The van der Waals surface area contributed by atoms with Crippen molar-refractivity contribution in [3.05, 3.63) is 59.3 Å². The summed E-state index contributed by atoms with van der Waals surface area (Å²) in [7, 11) is 0. The zero-order valence-corrected chi connectivity index (χ0v) is 18.9. The number of rotatable bonds is 5. The second-order valence-corrected chi connectivity index (χ2v) is 9.10. The second kappa shape index (κ2) is 10.3. The molecule has 1 aromatic heterocycles. The van der Waals surface area contributed by atoms with Gasteiger partial charge >= 0.3 is 0 Å². The molecule has 1 aromatic carbocycles. The first-order valence-corrected chi connectivity index (χ1v) is 11.6. The Balaban J connectivity index is 1.23.